The molecule has 0 heterocycles. The van der Waals surface area contributed by atoms with Gasteiger partial charge in [0.25, 0.3) is 0 Å². The highest BCUT2D eigenvalue weighted by molar-refractivity contribution is 7.63. The van der Waals surface area contributed by atoms with E-state index in [-0.39, 0.29) is 19.1 Å². The first-order valence-electron chi connectivity index (χ1n) is 15.2. The molecule has 0 aliphatic heterocycles. The van der Waals surface area contributed by atoms with Gasteiger partial charge in [0.1, 0.15) is 11.5 Å². The lowest BCUT2D eigenvalue weighted by atomic mass is 9.84. The Morgan fingerprint density at radius 1 is 0.762 bits per heavy atom. The summed E-state index contributed by atoms with van der Waals surface area (Å²) in [6.45, 7) is 8.34. The van der Waals surface area contributed by atoms with Crippen LogP contribution in [0.2, 0.25) is 0 Å². The lowest BCUT2D eigenvalue weighted by Crippen LogP contribution is -2.16. The third-order valence-electron chi connectivity index (χ3n) is 7.36. The van der Waals surface area contributed by atoms with E-state index in [9.17, 15) is 9.13 Å². The molecule has 6 nitrogen and oxygen atoms in total. The summed E-state index contributed by atoms with van der Waals surface area (Å²) in [5.74, 6) is 0.795. The van der Waals surface area contributed by atoms with Crippen LogP contribution in [0.3, 0.4) is 0 Å². The van der Waals surface area contributed by atoms with Crippen molar-refractivity contribution in [3.05, 3.63) is 95.6 Å². The molecule has 0 saturated carbocycles. The first-order valence-corrected chi connectivity index (χ1v) is 18.2. The van der Waals surface area contributed by atoms with Gasteiger partial charge in [0.15, 0.2) is 0 Å². The Kier molecular flexibility index (Phi) is 11.7. The van der Waals surface area contributed by atoms with Gasteiger partial charge in [-0.1, -0.05) is 67.8 Å². The molecule has 0 aromatic heterocycles. The average molecular weight is 611 g/mol. The number of aryl methyl sites for hydroxylation is 1. The van der Waals surface area contributed by atoms with Crippen LogP contribution in [0.1, 0.15) is 83.3 Å². The lowest BCUT2D eigenvalue weighted by molar-refractivity contribution is 0.284. The second-order valence-electron chi connectivity index (χ2n) is 10.7. The molecular weight excluding hydrogens is 566 g/mol. The van der Waals surface area contributed by atoms with Crippen LogP contribution < -0.4 is 19.7 Å². The van der Waals surface area contributed by atoms with Gasteiger partial charge in [0, 0.05) is 11.5 Å². The summed E-state index contributed by atoms with van der Waals surface area (Å²) in [5.41, 5.74) is 2.95. The van der Waals surface area contributed by atoms with E-state index in [2.05, 4.69) is 19.9 Å². The highest BCUT2D eigenvalue weighted by atomic mass is 31.2. The van der Waals surface area contributed by atoms with Crippen molar-refractivity contribution in [3.63, 3.8) is 0 Å². The van der Waals surface area contributed by atoms with Gasteiger partial charge in [0.05, 0.1) is 23.8 Å². The van der Waals surface area contributed by atoms with E-state index in [1.165, 1.54) is 5.57 Å². The standard InChI is InChI=1S/C34H44O6P2/c1-5-8-11-18-28-25-32(39-41(35,37-6-2)30-20-12-9-13-21-30)34(29-19-16-17-27(4)24-29)33(26-28)40-42(36,38-7-3)31-22-14-10-15-23-31/h9-10,12-15,20-26,29H,5-8,11,16-19H2,1-4H3. The predicted octanol–water partition coefficient (Wildman–Crippen LogP) is 9.50. The molecule has 8 heteroatoms. The third-order valence-corrected chi connectivity index (χ3v) is 11.3. The molecule has 3 aromatic rings. The van der Waals surface area contributed by atoms with E-state index < -0.39 is 15.2 Å². The molecule has 0 radical (unpaired) electrons. The number of rotatable bonds is 15. The number of unbranched alkanes of at least 4 members (excludes halogenated alkanes) is 2. The van der Waals surface area contributed by atoms with Crippen LogP contribution >= 0.6 is 15.2 Å². The Morgan fingerprint density at radius 3 is 1.74 bits per heavy atom. The van der Waals surface area contributed by atoms with E-state index in [4.69, 9.17) is 18.1 Å². The number of allylic oxidation sites excluding steroid dienone is 2. The van der Waals surface area contributed by atoms with Crippen molar-refractivity contribution >= 4 is 25.8 Å². The van der Waals surface area contributed by atoms with E-state index in [0.717, 1.165) is 56.1 Å². The molecule has 0 amide bonds. The number of benzene rings is 3. The first-order chi connectivity index (χ1) is 20.3. The Balaban J connectivity index is 1.92. The summed E-state index contributed by atoms with van der Waals surface area (Å²) in [4.78, 5) is 0. The maximum absolute atomic E-state index is 14.4. The second kappa shape index (κ2) is 15.2. The molecule has 42 heavy (non-hydrogen) atoms. The van der Waals surface area contributed by atoms with Gasteiger partial charge in [-0.15, -0.1) is 0 Å². The van der Waals surface area contributed by atoms with Gasteiger partial charge in [-0.25, -0.2) is 9.13 Å². The summed E-state index contributed by atoms with van der Waals surface area (Å²) < 4.78 is 53.5. The second-order valence-corrected chi connectivity index (χ2v) is 14.6. The van der Waals surface area contributed by atoms with Crippen LogP contribution in [0, 0.1) is 0 Å². The van der Waals surface area contributed by atoms with Crippen LogP contribution in [0.5, 0.6) is 11.5 Å². The summed E-state index contributed by atoms with van der Waals surface area (Å²) in [5, 5.41) is 0.965. The van der Waals surface area contributed by atoms with E-state index >= 15 is 0 Å². The zero-order valence-corrected chi connectivity index (χ0v) is 27.1. The quantitative estimate of drug-likeness (QED) is 0.0970. The molecule has 0 N–H and O–H groups in total. The molecule has 4 rings (SSSR count). The molecule has 1 aliphatic carbocycles. The first kappa shape index (κ1) is 32.3. The summed E-state index contributed by atoms with van der Waals surface area (Å²) in [6.07, 6.45) is 8.98. The van der Waals surface area contributed by atoms with Crippen molar-refractivity contribution in [2.24, 2.45) is 0 Å². The summed E-state index contributed by atoms with van der Waals surface area (Å²) in [6, 6.07) is 22.0. The topological polar surface area (TPSA) is 71.1 Å². The molecule has 0 saturated heterocycles. The van der Waals surface area contributed by atoms with E-state index in [1.807, 2.05) is 48.5 Å². The highest BCUT2D eigenvalue weighted by Crippen LogP contribution is 2.55. The van der Waals surface area contributed by atoms with Crippen LogP contribution in [0.15, 0.2) is 84.4 Å². The Bertz CT molecular complexity index is 1330. The van der Waals surface area contributed by atoms with Gasteiger partial charge < -0.3 is 9.05 Å². The SMILES string of the molecule is CCCCCc1cc(OP(=O)(OCC)c2ccccc2)c(C2C=C(C)CCC2)c(OP(=O)(OCC)c2ccccc2)c1. The number of hydrogen-bond donors (Lipinski definition) is 0. The maximum Gasteiger partial charge on any atom is 0.410 e. The smallest absolute Gasteiger partial charge is 0.410 e. The minimum Gasteiger partial charge on any atom is -0.421 e. The van der Waals surface area contributed by atoms with Crippen molar-refractivity contribution in [3.8, 4) is 11.5 Å². The molecule has 0 spiro atoms. The van der Waals surface area contributed by atoms with Gasteiger partial charge >= 0.3 is 15.2 Å². The fourth-order valence-electron chi connectivity index (χ4n) is 5.36. The fourth-order valence-corrected chi connectivity index (χ4v) is 8.55. The largest absolute Gasteiger partial charge is 0.421 e. The molecule has 1 aliphatic rings. The zero-order valence-electron chi connectivity index (χ0n) is 25.3. The van der Waals surface area contributed by atoms with Crippen molar-refractivity contribution in [1.29, 1.82) is 0 Å². The van der Waals surface area contributed by atoms with Crippen molar-refractivity contribution in [1.82, 2.24) is 0 Å². The molecule has 0 fully saturated rings. The molecule has 0 bridgehead atoms. The Hall–Kier alpha value is -2.62. The molecule has 3 atom stereocenters. The van der Waals surface area contributed by atoms with E-state index in [0.29, 0.717) is 22.1 Å². The Labute approximate surface area is 251 Å². The van der Waals surface area contributed by atoms with Crippen LogP contribution in [-0.4, -0.2) is 13.2 Å². The lowest BCUT2D eigenvalue weighted by Gasteiger charge is -2.29. The molecule has 3 aromatic carbocycles. The minimum absolute atomic E-state index is 0.0786. The third kappa shape index (κ3) is 8.05. The van der Waals surface area contributed by atoms with Crippen molar-refractivity contribution in [2.75, 3.05) is 13.2 Å². The van der Waals surface area contributed by atoms with Crippen LogP contribution in [-0.2, 0) is 24.6 Å². The van der Waals surface area contributed by atoms with Crippen molar-refractivity contribution < 1.29 is 27.2 Å². The zero-order chi connectivity index (χ0) is 30.0. The van der Waals surface area contributed by atoms with Crippen molar-refractivity contribution in [2.45, 2.75) is 78.6 Å². The van der Waals surface area contributed by atoms with Gasteiger partial charge in [0.2, 0.25) is 0 Å². The van der Waals surface area contributed by atoms with Gasteiger partial charge in [-0.3, -0.25) is 9.05 Å². The molecule has 226 valence electrons. The summed E-state index contributed by atoms with van der Waals surface area (Å²) >= 11 is 0. The monoisotopic (exact) mass is 610 g/mol. The van der Waals surface area contributed by atoms with Crippen LogP contribution in [0.25, 0.3) is 0 Å². The predicted molar refractivity (Wildman–Crippen MR) is 172 cm³/mol. The summed E-state index contributed by atoms with van der Waals surface area (Å²) in [7, 11) is -7.51. The van der Waals surface area contributed by atoms with Gasteiger partial charge in [-0.05, 0) is 94.8 Å². The molecule has 3 unspecified atom stereocenters. The van der Waals surface area contributed by atoms with Gasteiger partial charge in [-0.2, -0.15) is 0 Å². The van der Waals surface area contributed by atoms with Crippen LogP contribution in [0.4, 0.5) is 0 Å². The average Bonchev–Trinajstić information content (AvgIpc) is 2.98. The molecular formula is C34H44O6P2. The highest BCUT2D eigenvalue weighted by Gasteiger charge is 2.35. The fraction of sp³-hybridized carbons (Fsp3) is 0.412. The maximum atomic E-state index is 14.4. The van der Waals surface area contributed by atoms with E-state index in [1.54, 1.807) is 38.1 Å². The minimum atomic E-state index is -3.76. The Morgan fingerprint density at radius 2 is 1.29 bits per heavy atom. The number of hydrogen-bond acceptors (Lipinski definition) is 6. The normalized spacial score (nSPS) is 18.0.